The lowest BCUT2D eigenvalue weighted by atomic mass is 9.76. The Hall–Kier alpha value is -1.95. The van der Waals surface area contributed by atoms with Gasteiger partial charge < -0.3 is 15.0 Å². The van der Waals surface area contributed by atoms with Gasteiger partial charge in [0.25, 0.3) is 5.89 Å². The number of ether oxygens (including phenoxy) is 1. The van der Waals surface area contributed by atoms with Crippen molar-refractivity contribution in [3.63, 3.8) is 0 Å². The maximum Gasteiger partial charge on any atom is 0.261 e. The molecule has 0 amide bonds. The van der Waals surface area contributed by atoms with E-state index < -0.39 is 5.54 Å². The topological polar surface area (TPSA) is 87.1 Å². The van der Waals surface area contributed by atoms with Crippen LogP contribution in [0.15, 0.2) is 23.0 Å². The van der Waals surface area contributed by atoms with Gasteiger partial charge in [-0.15, -0.1) is 0 Å². The van der Waals surface area contributed by atoms with Crippen molar-refractivity contribution >= 4 is 0 Å². The first-order valence-corrected chi connectivity index (χ1v) is 7.24. The van der Waals surface area contributed by atoms with Crippen LogP contribution in [0.1, 0.15) is 38.4 Å². The highest BCUT2D eigenvalue weighted by atomic mass is 16.5. The second kappa shape index (κ2) is 5.44. The molecule has 0 aliphatic heterocycles. The highest BCUT2D eigenvalue weighted by Crippen LogP contribution is 2.37. The Morgan fingerprint density at radius 3 is 3.10 bits per heavy atom. The van der Waals surface area contributed by atoms with Gasteiger partial charge in [0.05, 0.1) is 24.4 Å². The summed E-state index contributed by atoms with van der Waals surface area (Å²) in [5, 5.41) is 4.11. The Labute approximate surface area is 123 Å². The molecule has 2 heterocycles. The summed E-state index contributed by atoms with van der Waals surface area (Å²) >= 11 is 0. The zero-order chi connectivity index (χ0) is 14.9. The van der Waals surface area contributed by atoms with Crippen molar-refractivity contribution in [1.82, 2.24) is 15.1 Å². The molecule has 1 saturated carbocycles. The molecular weight excluding hydrogens is 268 g/mol. The van der Waals surface area contributed by atoms with E-state index in [0.29, 0.717) is 23.4 Å². The summed E-state index contributed by atoms with van der Waals surface area (Å²) in [5.41, 5.74) is 6.75. The number of hydrogen-bond donors (Lipinski definition) is 1. The van der Waals surface area contributed by atoms with E-state index in [1.54, 1.807) is 25.6 Å². The molecule has 0 bridgehead atoms. The maximum atomic E-state index is 6.50. The van der Waals surface area contributed by atoms with Gasteiger partial charge in [-0.2, -0.15) is 4.98 Å². The minimum absolute atomic E-state index is 0.423. The Morgan fingerprint density at radius 2 is 2.33 bits per heavy atom. The van der Waals surface area contributed by atoms with Crippen LogP contribution in [0.4, 0.5) is 0 Å². The summed E-state index contributed by atoms with van der Waals surface area (Å²) in [7, 11) is 1.59. The molecule has 2 atom stereocenters. The molecule has 1 aliphatic rings. The summed E-state index contributed by atoms with van der Waals surface area (Å²) in [5.74, 6) is 2.20. The first kappa shape index (κ1) is 14.0. The van der Waals surface area contributed by atoms with Crippen LogP contribution in [0.2, 0.25) is 0 Å². The zero-order valence-electron chi connectivity index (χ0n) is 12.4. The SMILES string of the molecule is COc1cnccc1-c1nc(C2(N)CCCC(C)C2)no1. The van der Waals surface area contributed by atoms with Crippen LogP contribution in [0.3, 0.4) is 0 Å². The third kappa shape index (κ3) is 2.63. The Morgan fingerprint density at radius 1 is 1.48 bits per heavy atom. The third-order valence-corrected chi connectivity index (χ3v) is 4.14. The number of hydrogen-bond acceptors (Lipinski definition) is 6. The van der Waals surface area contributed by atoms with E-state index >= 15 is 0 Å². The van der Waals surface area contributed by atoms with Crippen LogP contribution in [-0.4, -0.2) is 22.2 Å². The molecule has 0 radical (unpaired) electrons. The van der Waals surface area contributed by atoms with E-state index in [1.165, 1.54) is 6.42 Å². The summed E-state index contributed by atoms with van der Waals surface area (Å²) in [6, 6.07) is 1.79. The number of methoxy groups -OCH3 is 1. The van der Waals surface area contributed by atoms with Crippen LogP contribution in [0, 0.1) is 5.92 Å². The largest absolute Gasteiger partial charge is 0.494 e. The lowest BCUT2D eigenvalue weighted by Crippen LogP contribution is -2.42. The van der Waals surface area contributed by atoms with Crippen molar-refractivity contribution in [3.8, 4) is 17.2 Å². The third-order valence-electron chi connectivity index (χ3n) is 4.14. The second-order valence-electron chi connectivity index (χ2n) is 5.86. The van der Waals surface area contributed by atoms with Crippen LogP contribution < -0.4 is 10.5 Å². The molecule has 1 fully saturated rings. The van der Waals surface area contributed by atoms with Gasteiger partial charge in [0, 0.05) is 6.20 Å². The van der Waals surface area contributed by atoms with E-state index in [4.69, 9.17) is 15.0 Å². The fraction of sp³-hybridized carbons (Fsp3) is 0.533. The van der Waals surface area contributed by atoms with E-state index in [0.717, 1.165) is 24.8 Å². The molecule has 0 aromatic carbocycles. The molecule has 6 heteroatoms. The van der Waals surface area contributed by atoms with Gasteiger partial charge in [-0.1, -0.05) is 24.9 Å². The number of pyridine rings is 1. The van der Waals surface area contributed by atoms with Crippen molar-refractivity contribution in [3.05, 3.63) is 24.3 Å². The lowest BCUT2D eigenvalue weighted by molar-refractivity contribution is 0.222. The van der Waals surface area contributed by atoms with Crippen molar-refractivity contribution in [2.45, 2.75) is 38.1 Å². The summed E-state index contributed by atoms with van der Waals surface area (Å²) in [4.78, 5) is 8.53. The van der Waals surface area contributed by atoms with Crippen molar-refractivity contribution in [2.24, 2.45) is 11.7 Å². The molecule has 0 spiro atoms. The molecule has 2 unspecified atom stereocenters. The quantitative estimate of drug-likeness (QED) is 0.933. The monoisotopic (exact) mass is 288 g/mol. The first-order chi connectivity index (χ1) is 10.1. The smallest absolute Gasteiger partial charge is 0.261 e. The number of nitrogens with two attached hydrogens (primary N) is 1. The molecule has 3 rings (SSSR count). The predicted molar refractivity (Wildman–Crippen MR) is 77.6 cm³/mol. The average Bonchev–Trinajstić information content (AvgIpc) is 2.97. The number of nitrogens with zero attached hydrogens (tertiary/aromatic N) is 3. The molecule has 2 aromatic rings. The Bertz CT molecular complexity index is 628. The molecule has 112 valence electrons. The second-order valence-corrected chi connectivity index (χ2v) is 5.86. The maximum absolute atomic E-state index is 6.50. The zero-order valence-corrected chi connectivity index (χ0v) is 12.4. The van der Waals surface area contributed by atoms with Crippen molar-refractivity contribution in [2.75, 3.05) is 7.11 Å². The normalized spacial score (nSPS) is 25.8. The molecular formula is C15H20N4O2. The summed E-state index contributed by atoms with van der Waals surface area (Å²) in [6.07, 6.45) is 7.38. The highest BCUT2D eigenvalue weighted by molar-refractivity contribution is 5.61. The minimum Gasteiger partial charge on any atom is -0.494 e. The van der Waals surface area contributed by atoms with Crippen molar-refractivity contribution < 1.29 is 9.26 Å². The fourth-order valence-electron chi connectivity index (χ4n) is 3.05. The first-order valence-electron chi connectivity index (χ1n) is 7.24. The minimum atomic E-state index is -0.486. The van der Waals surface area contributed by atoms with Gasteiger partial charge in [0.2, 0.25) is 0 Å². The number of rotatable bonds is 3. The van der Waals surface area contributed by atoms with Crippen molar-refractivity contribution in [1.29, 1.82) is 0 Å². The van der Waals surface area contributed by atoms with Gasteiger partial charge in [0.1, 0.15) is 5.75 Å². The van der Waals surface area contributed by atoms with Gasteiger partial charge in [-0.25, -0.2) is 0 Å². The Kier molecular flexibility index (Phi) is 3.63. The molecule has 2 aromatic heterocycles. The molecule has 21 heavy (non-hydrogen) atoms. The van der Waals surface area contributed by atoms with Crippen LogP contribution in [0.25, 0.3) is 11.5 Å². The lowest BCUT2D eigenvalue weighted by Gasteiger charge is -2.33. The molecule has 0 saturated heterocycles. The predicted octanol–water partition coefficient (Wildman–Crippen LogP) is 2.50. The van der Waals surface area contributed by atoms with E-state index in [-0.39, 0.29) is 0 Å². The average molecular weight is 288 g/mol. The Balaban J connectivity index is 1.93. The molecule has 1 aliphatic carbocycles. The van der Waals surface area contributed by atoms with E-state index in [9.17, 15) is 0 Å². The van der Waals surface area contributed by atoms with Gasteiger partial charge >= 0.3 is 0 Å². The van der Waals surface area contributed by atoms with Crippen LogP contribution in [-0.2, 0) is 5.54 Å². The van der Waals surface area contributed by atoms with Gasteiger partial charge in [-0.05, 0) is 24.8 Å². The molecule has 2 N–H and O–H groups in total. The van der Waals surface area contributed by atoms with Crippen LogP contribution in [0.5, 0.6) is 5.75 Å². The standard InChI is InChI=1S/C15H20N4O2/c1-10-4-3-6-15(16,8-10)14-18-13(21-19-14)11-5-7-17-9-12(11)20-2/h5,7,9-10H,3-4,6,8,16H2,1-2H3. The fourth-order valence-corrected chi connectivity index (χ4v) is 3.05. The van der Waals surface area contributed by atoms with Gasteiger partial charge in [0.15, 0.2) is 5.82 Å². The van der Waals surface area contributed by atoms with E-state index in [1.807, 2.05) is 0 Å². The number of aromatic nitrogens is 3. The highest BCUT2D eigenvalue weighted by Gasteiger charge is 2.37. The summed E-state index contributed by atoms with van der Waals surface area (Å²) < 4.78 is 10.7. The van der Waals surface area contributed by atoms with Crippen LogP contribution >= 0.6 is 0 Å². The van der Waals surface area contributed by atoms with Gasteiger partial charge in [-0.3, -0.25) is 4.98 Å². The molecule has 6 nitrogen and oxygen atoms in total. The van der Waals surface area contributed by atoms with E-state index in [2.05, 4.69) is 22.0 Å². The summed E-state index contributed by atoms with van der Waals surface area (Å²) in [6.45, 7) is 2.22.